The van der Waals surface area contributed by atoms with E-state index in [1.165, 1.54) is 0 Å². The topological polar surface area (TPSA) is 38.7 Å². The largest absolute Gasteiger partial charge is 0.459 e. The summed E-state index contributed by atoms with van der Waals surface area (Å²) in [5, 5.41) is 0. The number of carbonyl (C=O) groups is 1. The molecule has 0 saturated heterocycles. The summed E-state index contributed by atoms with van der Waals surface area (Å²) >= 11 is 0. The van der Waals surface area contributed by atoms with E-state index in [1.807, 2.05) is 51.1 Å². The molecular formula is C13H17NO2. The maximum Gasteiger partial charge on any atom is 0.328 e. The first-order valence-electron chi connectivity index (χ1n) is 5.24. The monoisotopic (exact) mass is 219 g/mol. The second kappa shape index (κ2) is 5.45. The summed E-state index contributed by atoms with van der Waals surface area (Å²) in [6.45, 7) is 5.58. The number of ether oxygens (including phenoxy) is 1. The van der Waals surface area contributed by atoms with Gasteiger partial charge in [0.2, 0.25) is 0 Å². The molecule has 0 bridgehead atoms. The molecule has 0 atom stereocenters. The van der Waals surface area contributed by atoms with E-state index in [4.69, 9.17) is 4.74 Å². The minimum absolute atomic E-state index is 0.0617. The Bertz CT molecular complexity index is 363. The van der Waals surface area contributed by atoms with Gasteiger partial charge in [-0.25, -0.2) is 0 Å². The molecule has 0 unspecified atom stereocenters. The predicted octanol–water partition coefficient (Wildman–Crippen LogP) is 2.45. The number of hydrogen-bond donors (Lipinski definition) is 0. The standard InChI is InChI=1S/C13H17NO2/c1-13(2,3)16-12(15)10-14-9-11-7-5-4-6-8-11/h4-9H,10H2,1-3H3/b14-9+. The van der Waals surface area contributed by atoms with E-state index in [-0.39, 0.29) is 12.5 Å². The van der Waals surface area contributed by atoms with Gasteiger partial charge >= 0.3 is 5.97 Å². The number of carbonyl (C=O) groups excluding carboxylic acids is 1. The van der Waals surface area contributed by atoms with Crippen LogP contribution in [-0.4, -0.2) is 24.3 Å². The number of hydrogen-bond acceptors (Lipinski definition) is 3. The van der Waals surface area contributed by atoms with Gasteiger partial charge in [0, 0.05) is 6.21 Å². The zero-order valence-electron chi connectivity index (χ0n) is 9.93. The zero-order valence-corrected chi connectivity index (χ0v) is 9.93. The van der Waals surface area contributed by atoms with Crippen LogP contribution in [0.2, 0.25) is 0 Å². The Kier molecular flexibility index (Phi) is 4.23. The quantitative estimate of drug-likeness (QED) is 0.578. The molecule has 1 aromatic carbocycles. The Morgan fingerprint density at radius 3 is 2.50 bits per heavy atom. The number of rotatable bonds is 3. The van der Waals surface area contributed by atoms with E-state index < -0.39 is 5.60 Å². The molecule has 16 heavy (non-hydrogen) atoms. The Morgan fingerprint density at radius 2 is 1.94 bits per heavy atom. The Morgan fingerprint density at radius 1 is 1.31 bits per heavy atom. The summed E-state index contributed by atoms with van der Waals surface area (Å²) in [4.78, 5) is 15.3. The molecule has 0 heterocycles. The molecule has 0 aliphatic carbocycles. The van der Waals surface area contributed by atoms with Crippen LogP contribution in [0.1, 0.15) is 26.3 Å². The maximum absolute atomic E-state index is 11.3. The van der Waals surface area contributed by atoms with Crippen LogP contribution in [0, 0.1) is 0 Å². The second-order valence-electron chi connectivity index (χ2n) is 4.47. The third kappa shape index (κ3) is 5.29. The van der Waals surface area contributed by atoms with Crippen molar-refractivity contribution in [2.45, 2.75) is 26.4 Å². The van der Waals surface area contributed by atoms with Crippen LogP contribution >= 0.6 is 0 Å². The van der Waals surface area contributed by atoms with Crippen molar-refractivity contribution in [1.29, 1.82) is 0 Å². The third-order valence-electron chi connectivity index (χ3n) is 1.68. The summed E-state index contributed by atoms with van der Waals surface area (Å²) in [6, 6.07) is 9.64. The lowest BCUT2D eigenvalue weighted by Gasteiger charge is -2.18. The summed E-state index contributed by atoms with van der Waals surface area (Å²) in [5.74, 6) is -0.306. The highest BCUT2D eigenvalue weighted by Crippen LogP contribution is 2.06. The molecule has 0 aromatic heterocycles. The van der Waals surface area contributed by atoms with Crippen LogP contribution in [0.15, 0.2) is 35.3 Å². The molecule has 0 N–H and O–H groups in total. The van der Waals surface area contributed by atoms with E-state index in [1.54, 1.807) is 6.21 Å². The number of nitrogens with zero attached hydrogens (tertiary/aromatic N) is 1. The van der Waals surface area contributed by atoms with Gasteiger partial charge < -0.3 is 4.74 Å². The third-order valence-corrected chi connectivity index (χ3v) is 1.68. The highest BCUT2D eigenvalue weighted by molar-refractivity contribution is 5.82. The average molecular weight is 219 g/mol. The Labute approximate surface area is 96.2 Å². The molecule has 3 nitrogen and oxygen atoms in total. The highest BCUT2D eigenvalue weighted by Gasteiger charge is 2.15. The summed E-state index contributed by atoms with van der Waals surface area (Å²) in [7, 11) is 0. The molecule has 0 radical (unpaired) electrons. The van der Waals surface area contributed by atoms with Gasteiger partial charge in [-0.1, -0.05) is 30.3 Å². The molecule has 0 aliphatic heterocycles. The average Bonchev–Trinajstić information content (AvgIpc) is 2.16. The molecule has 0 spiro atoms. The van der Waals surface area contributed by atoms with Crippen LogP contribution in [0.3, 0.4) is 0 Å². The van der Waals surface area contributed by atoms with E-state index in [2.05, 4.69) is 4.99 Å². The van der Waals surface area contributed by atoms with Gasteiger partial charge in [-0.15, -0.1) is 0 Å². The van der Waals surface area contributed by atoms with Crippen molar-refractivity contribution >= 4 is 12.2 Å². The molecule has 3 heteroatoms. The first kappa shape index (κ1) is 12.4. The van der Waals surface area contributed by atoms with Crippen molar-refractivity contribution in [3.8, 4) is 0 Å². The van der Waals surface area contributed by atoms with Crippen molar-refractivity contribution in [3.05, 3.63) is 35.9 Å². The van der Waals surface area contributed by atoms with Gasteiger partial charge in [-0.05, 0) is 26.3 Å². The summed E-state index contributed by atoms with van der Waals surface area (Å²) in [5.41, 5.74) is 0.533. The van der Waals surface area contributed by atoms with Crippen LogP contribution in [0.4, 0.5) is 0 Å². The minimum atomic E-state index is -0.445. The van der Waals surface area contributed by atoms with E-state index in [0.29, 0.717) is 0 Å². The zero-order chi connectivity index (χ0) is 12.0. The van der Waals surface area contributed by atoms with E-state index in [0.717, 1.165) is 5.56 Å². The van der Waals surface area contributed by atoms with Crippen LogP contribution < -0.4 is 0 Å². The normalized spacial score (nSPS) is 11.7. The predicted molar refractivity (Wildman–Crippen MR) is 64.7 cm³/mol. The minimum Gasteiger partial charge on any atom is -0.459 e. The van der Waals surface area contributed by atoms with Gasteiger partial charge in [0.25, 0.3) is 0 Å². The van der Waals surface area contributed by atoms with Crippen LogP contribution in [0.25, 0.3) is 0 Å². The van der Waals surface area contributed by atoms with Gasteiger partial charge in [-0.3, -0.25) is 9.79 Å². The van der Waals surface area contributed by atoms with Crippen LogP contribution in [0.5, 0.6) is 0 Å². The molecule has 1 rings (SSSR count). The smallest absolute Gasteiger partial charge is 0.328 e. The molecule has 0 amide bonds. The molecule has 0 aliphatic rings. The van der Waals surface area contributed by atoms with Crippen molar-refractivity contribution in [1.82, 2.24) is 0 Å². The summed E-state index contributed by atoms with van der Waals surface area (Å²) < 4.78 is 5.12. The molecule has 0 saturated carbocycles. The Hall–Kier alpha value is -1.64. The van der Waals surface area contributed by atoms with E-state index in [9.17, 15) is 4.79 Å². The number of aliphatic imine (C=N–C) groups is 1. The number of benzene rings is 1. The molecule has 86 valence electrons. The molecule has 1 aromatic rings. The van der Waals surface area contributed by atoms with Crippen LogP contribution in [-0.2, 0) is 9.53 Å². The lowest BCUT2D eigenvalue weighted by molar-refractivity contribution is -0.152. The fraction of sp³-hybridized carbons (Fsp3) is 0.385. The number of esters is 1. The van der Waals surface area contributed by atoms with Crippen molar-refractivity contribution in [2.24, 2.45) is 4.99 Å². The van der Waals surface area contributed by atoms with Gasteiger partial charge in [0.15, 0.2) is 0 Å². The fourth-order valence-corrected chi connectivity index (χ4v) is 1.14. The molecule has 0 fully saturated rings. The van der Waals surface area contributed by atoms with Crippen molar-refractivity contribution < 1.29 is 9.53 Å². The summed E-state index contributed by atoms with van der Waals surface area (Å²) in [6.07, 6.45) is 1.67. The molecular weight excluding hydrogens is 202 g/mol. The maximum atomic E-state index is 11.3. The van der Waals surface area contributed by atoms with Gasteiger partial charge in [-0.2, -0.15) is 0 Å². The Balaban J connectivity index is 2.41. The lowest BCUT2D eigenvalue weighted by Crippen LogP contribution is -2.25. The lowest BCUT2D eigenvalue weighted by atomic mass is 10.2. The first-order chi connectivity index (χ1) is 7.47. The van der Waals surface area contributed by atoms with E-state index >= 15 is 0 Å². The van der Waals surface area contributed by atoms with Crippen molar-refractivity contribution in [2.75, 3.05) is 6.54 Å². The van der Waals surface area contributed by atoms with Gasteiger partial charge in [0.1, 0.15) is 12.1 Å². The van der Waals surface area contributed by atoms with Gasteiger partial charge in [0.05, 0.1) is 0 Å². The fourth-order valence-electron chi connectivity index (χ4n) is 1.14. The SMILES string of the molecule is CC(C)(C)OC(=O)C/N=C/c1ccccc1. The van der Waals surface area contributed by atoms with Crippen molar-refractivity contribution in [3.63, 3.8) is 0 Å². The second-order valence-corrected chi connectivity index (χ2v) is 4.47. The highest BCUT2D eigenvalue weighted by atomic mass is 16.6. The first-order valence-corrected chi connectivity index (χ1v) is 5.24.